The molecule has 2 aromatic carbocycles. The number of hydrogen-bond donors (Lipinski definition) is 1. The first-order chi connectivity index (χ1) is 17.2. The largest absolute Gasteiger partial charge is 0.496 e. The molecule has 0 bridgehead atoms. The van der Waals surface area contributed by atoms with Crippen molar-refractivity contribution in [2.75, 3.05) is 12.9 Å². The molecule has 8 heteroatoms. The molecule has 1 heterocycles. The molecule has 35 heavy (non-hydrogen) atoms. The summed E-state index contributed by atoms with van der Waals surface area (Å²) in [5.41, 5.74) is 5.78. The van der Waals surface area contributed by atoms with E-state index in [0.29, 0.717) is 6.04 Å². The predicted octanol–water partition coefficient (Wildman–Crippen LogP) is 5.67. The van der Waals surface area contributed by atoms with E-state index in [9.17, 15) is 4.79 Å². The summed E-state index contributed by atoms with van der Waals surface area (Å²) in [4.78, 5) is 12.4. The summed E-state index contributed by atoms with van der Waals surface area (Å²) in [5.74, 6) is 1.68. The van der Waals surface area contributed by atoms with Gasteiger partial charge in [-0.15, -0.1) is 10.2 Å². The number of amides is 1. The maximum atomic E-state index is 12.4. The molecule has 0 saturated heterocycles. The number of aryl methyl sites for hydroxylation is 1. The van der Waals surface area contributed by atoms with Crippen LogP contribution in [0.5, 0.6) is 5.75 Å². The molecule has 1 aliphatic rings. The Balaban J connectivity index is 1.38. The predicted molar refractivity (Wildman–Crippen MR) is 142 cm³/mol. The second-order valence-corrected chi connectivity index (χ2v) is 9.48. The molecular formula is C27H31N5O2S. The van der Waals surface area contributed by atoms with Gasteiger partial charge in [0.1, 0.15) is 5.75 Å². The first-order valence-corrected chi connectivity index (χ1v) is 12.9. The summed E-state index contributed by atoms with van der Waals surface area (Å²) in [6, 6.07) is 16.4. The maximum absolute atomic E-state index is 12.4. The average molecular weight is 490 g/mol. The van der Waals surface area contributed by atoms with Gasteiger partial charge >= 0.3 is 0 Å². The van der Waals surface area contributed by atoms with Gasteiger partial charge in [-0.1, -0.05) is 79.1 Å². The fourth-order valence-corrected chi connectivity index (χ4v) is 5.01. The van der Waals surface area contributed by atoms with Crippen LogP contribution in [-0.4, -0.2) is 39.7 Å². The lowest BCUT2D eigenvalue weighted by atomic mass is 9.95. The van der Waals surface area contributed by atoms with Crippen molar-refractivity contribution >= 4 is 30.0 Å². The molecule has 1 aromatic heterocycles. The summed E-state index contributed by atoms with van der Waals surface area (Å²) in [7, 11) is 1.64. The fourth-order valence-electron chi connectivity index (χ4n) is 4.21. The smallest absolute Gasteiger partial charge is 0.250 e. The number of nitrogens with zero attached hydrogens (tertiary/aromatic N) is 4. The van der Waals surface area contributed by atoms with Crippen molar-refractivity contribution in [2.24, 2.45) is 5.10 Å². The number of methoxy groups -OCH3 is 1. The van der Waals surface area contributed by atoms with E-state index in [4.69, 9.17) is 4.74 Å². The summed E-state index contributed by atoms with van der Waals surface area (Å²) >= 11 is 1.40. The van der Waals surface area contributed by atoms with Crippen LogP contribution in [0.3, 0.4) is 0 Å². The van der Waals surface area contributed by atoms with Crippen molar-refractivity contribution in [1.82, 2.24) is 20.2 Å². The van der Waals surface area contributed by atoms with Gasteiger partial charge in [0.2, 0.25) is 0 Å². The Morgan fingerprint density at radius 3 is 2.69 bits per heavy atom. The van der Waals surface area contributed by atoms with E-state index in [2.05, 4.69) is 56.5 Å². The van der Waals surface area contributed by atoms with Crippen molar-refractivity contribution in [3.8, 4) is 17.1 Å². The highest BCUT2D eigenvalue weighted by molar-refractivity contribution is 7.99. The van der Waals surface area contributed by atoms with Crippen LogP contribution < -0.4 is 10.2 Å². The lowest BCUT2D eigenvalue weighted by Crippen LogP contribution is -2.20. The number of hydrogen-bond acceptors (Lipinski definition) is 6. The van der Waals surface area contributed by atoms with Gasteiger partial charge in [-0.05, 0) is 38.0 Å². The standard InChI is InChI=1S/C27H31N5O2S/c1-20-14-16-22(17-15-20)26-30-31-27(32(26)23-11-4-3-5-12-23)35-19-25(33)29-28-18-8-10-21-9-6-7-13-24(21)34-2/h6-10,13-18,23H,3-5,11-12,19H2,1-2H3,(H,29,33). The molecule has 182 valence electrons. The van der Waals surface area contributed by atoms with Gasteiger partial charge in [0.05, 0.1) is 12.9 Å². The van der Waals surface area contributed by atoms with E-state index in [-0.39, 0.29) is 11.7 Å². The molecule has 0 spiro atoms. The molecule has 1 aliphatic carbocycles. The van der Waals surface area contributed by atoms with E-state index in [0.717, 1.165) is 40.7 Å². The number of ether oxygens (including phenoxy) is 1. The first kappa shape index (κ1) is 24.7. The SMILES string of the molecule is COc1ccccc1C=CC=NNC(=O)CSc1nnc(-c2ccc(C)cc2)n1C1CCCCC1. The number of carbonyl (C=O) groups is 1. The molecule has 3 aromatic rings. The van der Waals surface area contributed by atoms with Crippen molar-refractivity contribution < 1.29 is 9.53 Å². The Hall–Kier alpha value is -3.39. The molecule has 1 saturated carbocycles. The van der Waals surface area contributed by atoms with Crippen molar-refractivity contribution in [3.05, 3.63) is 65.7 Å². The van der Waals surface area contributed by atoms with E-state index < -0.39 is 0 Å². The molecule has 1 fully saturated rings. The first-order valence-electron chi connectivity index (χ1n) is 11.9. The topological polar surface area (TPSA) is 81.4 Å². The molecule has 0 radical (unpaired) electrons. The van der Waals surface area contributed by atoms with Gasteiger partial charge in [-0.2, -0.15) is 5.10 Å². The lowest BCUT2D eigenvalue weighted by molar-refractivity contribution is -0.118. The van der Waals surface area contributed by atoms with Crippen LogP contribution in [0.25, 0.3) is 17.5 Å². The number of benzene rings is 2. The van der Waals surface area contributed by atoms with Gasteiger partial charge in [0, 0.05) is 23.4 Å². The third-order valence-corrected chi connectivity index (χ3v) is 6.95. The Morgan fingerprint density at radius 2 is 1.91 bits per heavy atom. The van der Waals surface area contributed by atoms with E-state index in [1.165, 1.54) is 36.6 Å². The number of hydrazone groups is 1. The van der Waals surface area contributed by atoms with Gasteiger partial charge in [-0.3, -0.25) is 9.36 Å². The number of thioether (sulfide) groups is 1. The van der Waals surface area contributed by atoms with Crippen LogP contribution in [0, 0.1) is 6.92 Å². The van der Waals surface area contributed by atoms with Crippen LogP contribution in [0.4, 0.5) is 0 Å². The van der Waals surface area contributed by atoms with Gasteiger partial charge < -0.3 is 4.74 Å². The molecule has 0 atom stereocenters. The Kier molecular flexibility index (Phi) is 8.73. The molecular weight excluding hydrogens is 458 g/mol. The summed E-state index contributed by atoms with van der Waals surface area (Å²) in [5, 5.41) is 13.8. The van der Waals surface area contributed by atoms with E-state index in [1.54, 1.807) is 19.4 Å². The summed E-state index contributed by atoms with van der Waals surface area (Å²) in [6.07, 6.45) is 11.1. The third-order valence-electron chi connectivity index (χ3n) is 6.01. The molecule has 7 nitrogen and oxygen atoms in total. The normalized spacial score (nSPS) is 14.6. The third kappa shape index (κ3) is 6.60. The highest BCUT2D eigenvalue weighted by atomic mass is 32.2. The number of para-hydroxylation sites is 1. The Morgan fingerprint density at radius 1 is 1.14 bits per heavy atom. The van der Waals surface area contributed by atoms with Gasteiger partial charge in [0.15, 0.2) is 11.0 Å². The zero-order chi connectivity index (χ0) is 24.5. The maximum Gasteiger partial charge on any atom is 0.250 e. The lowest BCUT2D eigenvalue weighted by Gasteiger charge is -2.25. The second-order valence-electron chi connectivity index (χ2n) is 8.54. The van der Waals surface area contributed by atoms with Crippen molar-refractivity contribution in [3.63, 3.8) is 0 Å². The summed E-state index contributed by atoms with van der Waals surface area (Å²) < 4.78 is 7.56. The minimum absolute atomic E-state index is 0.188. The fraction of sp³-hybridized carbons (Fsp3) is 0.333. The van der Waals surface area contributed by atoms with E-state index >= 15 is 0 Å². The van der Waals surface area contributed by atoms with Gasteiger partial charge in [0.25, 0.3) is 5.91 Å². The molecule has 1 N–H and O–H groups in total. The van der Waals surface area contributed by atoms with Crippen molar-refractivity contribution in [2.45, 2.75) is 50.2 Å². The highest BCUT2D eigenvalue weighted by Crippen LogP contribution is 2.35. The minimum atomic E-state index is -0.188. The second kappa shape index (κ2) is 12.4. The van der Waals surface area contributed by atoms with Crippen LogP contribution in [0.1, 0.15) is 49.3 Å². The molecule has 4 rings (SSSR count). The molecule has 1 amide bonds. The molecule has 0 unspecified atom stereocenters. The average Bonchev–Trinajstić information content (AvgIpc) is 3.32. The Labute approximate surface area is 210 Å². The Bertz CT molecular complexity index is 1180. The number of nitrogens with one attached hydrogen (secondary N) is 1. The monoisotopic (exact) mass is 489 g/mol. The zero-order valence-corrected chi connectivity index (χ0v) is 21.0. The number of allylic oxidation sites excluding steroid dienone is 1. The highest BCUT2D eigenvalue weighted by Gasteiger charge is 2.24. The number of rotatable bonds is 9. The molecule has 0 aliphatic heterocycles. The quantitative estimate of drug-likeness (QED) is 0.238. The van der Waals surface area contributed by atoms with Crippen LogP contribution in [-0.2, 0) is 4.79 Å². The van der Waals surface area contributed by atoms with Crippen LogP contribution >= 0.6 is 11.8 Å². The van der Waals surface area contributed by atoms with Crippen LogP contribution in [0.15, 0.2) is 64.9 Å². The summed E-state index contributed by atoms with van der Waals surface area (Å²) in [6.45, 7) is 2.08. The van der Waals surface area contributed by atoms with Gasteiger partial charge in [-0.25, -0.2) is 5.43 Å². The zero-order valence-electron chi connectivity index (χ0n) is 20.2. The number of aromatic nitrogens is 3. The van der Waals surface area contributed by atoms with E-state index in [1.807, 2.05) is 30.3 Å². The van der Waals surface area contributed by atoms with Crippen molar-refractivity contribution in [1.29, 1.82) is 0 Å². The number of carbonyl (C=O) groups excluding carboxylic acids is 1. The minimum Gasteiger partial charge on any atom is -0.496 e. The van der Waals surface area contributed by atoms with Crippen LogP contribution in [0.2, 0.25) is 0 Å².